The molecule has 126 valence electrons. The minimum atomic E-state index is 0.385. The van der Waals surface area contributed by atoms with Gasteiger partial charge < -0.3 is 4.74 Å². The Morgan fingerprint density at radius 1 is 0.920 bits per heavy atom. The molecule has 0 spiro atoms. The zero-order valence-electron chi connectivity index (χ0n) is 14.5. The smallest absolute Gasteiger partial charge is 0.150 e. The van der Waals surface area contributed by atoms with Crippen LogP contribution in [-0.2, 0) is 6.42 Å². The van der Waals surface area contributed by atoms with Gasteiger partial charge in [0.05, 0.1) is 7.11 Å². The van der Waals surface area contributed by atoms with Gasteiger partial charge in [-0.2, -0.15) is 0 Å². The highest BCUT2D eigenvalue weighted by Gasteiger charge is 2.09. The third-order valence-corrected chi connectivity index (χ3v) is 5.50. The van der Waals surface area contributed by atoms with Crippen molar-refractivity contribution in [3.05, 3.63) is 89.0 Å². The van der Waals surface area contributed by atoms with E-state index in [1.54, 1.807) is 7.11 Å². The van der Waals surface area contributed by atoms with Gasteiger partial charge in [0, 0.05) is 10.9 Å². The van der Waals surface area contributed by atoms with E-state index in [2.05, 4.69) is 42.5 Å². The minimum absolute atomic E-state index is 0.385. The summed E-state index contributed by atoms with van der Waals surface area (Å²) in [6, 6.07) is 22.8. The van der Waals surface area contributed by atoms with Crippen LogP contribution in [0.5, 0.6) is 5.75 Å². The largest absolute Gasteiger partial charge is 0.496 e. The molecule has 0 radical (unpaired) electrons. The molecule has 0 heterocycles. The summed E-state index contributed by atoms with van der Waals surface area (Å²) in [7, 11) is 2.08. The van der Waals surface area contributed by atoms with Crippen molar-refractivity contribution in [3.8, 4) is 5.75 Å². The van der Waals surface area contributed by atoms with Gasteiger partial charge in [-0.15, -0.1) is 0 Å². The van der Waals surface area contributed by atoms with E-state index in [0.29, 0.717) is 8.58 Å². The fraction of sp³-hybridized carbons (Fsp3) is 0.136. The molecule has 0 amide bonds. The summed E-state index contributed by atoms with van der Waals surface area (Å²) < 4.78 is 5.54. The minimum Gasteiger partial charge on any atom is -0.496 e. The van der Waals surface area contributed by atoms with E-state index in [1.807, 2.05) is 31.2 Å². The molecule has 1 atom stereocenters. The maximum absolute atomic E-state index is 11.4. The number of carbonyl (C=O) groups is 1. The third-order valence-electron chi connectivity index (χ3n) is 4.12. The van der Waals surface area contributed by atoms with E-state index in [1.165, 1.54) is 11.1 Å². The van der Waals surface area contributed by atoms with E-state index >= 15 is 0 Å². The number of ether oxygens (including phenoxy) is 1. The predicted molar refractivity (Wildman–Crippen MR) is 106 cm³/mol. The summed E-state index contributed by atoms with van der Waals surface area (Å²) in [5.74, 6) is 0.868. The Morgan fingerprint density at radius 2 is 1.72 bits per heavy atom. The average molecular weight is 348 g/mol. The van der Waals surface area contributed by atoms with Crippen LogP contribution in [0.3, 0.4) is 0 Å². The van der Waals surface area contributed by atoms with Gasteiger partial charge in [0.1, 0.15) is 5.75 Å². The molecule has 0 fully saturated rings. The van der Waals surface area contributed by atoms with Crippen molar-refractivity contribution in [2.45, 2.75) is 13.3 Å². The fourth-order valence-corrected chi connectivity index (χ4v) is 4.13. The molecule has 0 aliphatic heterocycles. The monoisotopic (exact) mass is 348 g/mol. The van der Waals surface area contributed by atoms with Gasteiger partial charge in [-0.3, -0.25) is 4.79 Å². The predicted octanol–water partition coefficient (Wildman–Crippen LogP) is 4.04. The van der Waals surface area contributed by atoms with E-state index in [9.17, 15) is 4.79 Å². The zero-order chi connectivity index (χ0) is 17.6. The highest BCUT2D eigenvalue weighted by Crippen LogP contribution is 2.23. The first kappa shape index (κ1) is 17.4. The van der Waals surface area contributed by atoms with E-state index in [0.717, 1.165) is 40.2 Å². The highest BCUT2D eigenvalue weighted by atomic mass is 31.1. The van der Waals surface area contributed by atoms with Gasteiger partial charge in [-0.25, -0.2) is 0 Å². The summed E-state index contributed by atoms with van der Waals surface area (Å²) in [6.07, 6.45) is 1.83. The molecule has 0 aliphatic carbocycles. The molecule has 0 aromatic heterocycles. The van der Waals surface area contributed by atoms with Crippen molar-refractivity contribution in [2.24, 2.45) is 0 Å². The van der Waals surface area contributed by atoms with Gasteiger partial charge in [0.15, 0.2) is 6.29 Å². The van der Waals surface area contributed by atoms with E-state index in [-0.39, 0.29) is 0 Å². The molecule has 0 N–H and O–H groups in total. The van der Waals surface area contributed by atoms with Gasteiger partial charge in [0.25, 0.3) is 0 Å². The number of methoxy groups -OCH3 is 1. The molecule has 1 unspecified atom stereocenters. The first-order valence-corrected chi connectivity index (χ1v) is 9.23. The lowest BCUT2D eigenvalue weighted by Crippen LogP contribution is -2.12. The molecule has 3 aromatic carbocycles. The van der Waals surface area contributed by atoms with E-state index < -0.39 is 0 Å². The average Bonchev–Trinajstić information content (AvgIpc) is 2.64. The Hall–Kier alpha value is -2.44. The molecule has 3 heteroatoms. The molecule has 0 bridgehead atoms. The third kappa shape index (κ3) is 4.35. The van der Waals surface area contributed by atoms with Crippen molar-refractivity contribution in [1.29, 1.82) is 0 Å². The molecule has 3 aromatic rings. The molecule has 3 rings (SSSR count). The van der Waals surface area contributed by atoms with Crippen molar-refractivity contribution in [2.75, 3.05) is 7.11 Å². The number of hydrogen-bond donors (Lipinski definition) is 0. The zero-order valence-corrected chi connectivity index (χ0v) is 15.5. The van der Waals surface area contributed by atoms with Crippen LogP contribution in [0.15, 0.2) is 66.7 Å². The van der Waals surface area contributed by atoms with Crippen LogP contribution in [0, 0.1) is 6.92 Å². The van der Waals surface area contributed by atoms with Gasteiger partial charge in [0.2, 0.25) is 0 Å². The number of carbonyl (C=O) groups excluding carboxylic acids is 1. The van der Waals surface area contributed by atoms with Crippen LogP contribution < -0.4 is 15.3 Å². The van der Waals surface area contributed by atoms with Gasteiger partial charge >= 0.3 is 0 Å². The Morgan fingerprint density at radius 3 is 2.44 bits per heavy atom. The number of aldehydes is 1. The maximum Gasteiger partial charge on any atom is 0.150 e. The summed E-state index contributed by atoms with van der Waals surface area (Å²) >= 11 is 0. The Balaban J connectivity index is 1.92. The first-order valence-electron chi connectivity index (χ1n) is 8.23. The molecule has 0 saturated heterocycles. The Kier molecular flexibility index (Phi) is 5.63. The fourth-order valence-electron chi connectivity index (χ4n) is 2.83. The normalized spacial score (nSPS) is 11.0. The van der Waals surface area contributed by atoms with Crippen molar-refractivity contribution in [3.63, 3.8) is 0 Å². The summed E-state index contributed by atoms with van der Waals surface area (Å²) in [4.78, 5) is 11.4. The summed E-state index contributed by atoms with van der Waals surface area (Å²) in [5.41, 5.74) is 4.38. The van der Waals surface area contributed by atoms with Crippen molar-refractivity contribution >= 4 is 25.5 Å². The molecule has 0 aliphatic rings. The summed E-state index contributed by atoms with van der Waals surface area (Å²) in [5, 5.41) is 2.18. The first-order chi connectivity index (χ1) is 12.2. The lowest BCUT2D eigenvalue weighted by molar-refractivity contribution is 0.112. The van der Waals surface area contributed by atoms with Crippen LogP contribution in [-0.4, -0.2) is 13.4 Å². The van der Waals surface area contributed by atoms with Crippen LogP contribution >= 0.6 is 8.58 Å². The number of hydrogen-bond acceptors (Lipinski definition) is 2. The van der Waals surface area contributed by atoms with Crippen molar-refractivity contribution in [1.82, 2.24) is 0 Å². The molecule has 0 saturated carbocycles. The SMILES string of the molecule is COc1ccc(Cc2ccccc2)cc1Pc1ccc(C)cc1C=O. The topological polar surface area (TPSA) is 26.3 Å². The number of benzene rings is 3. The second-order valence-corrected chi connectivity index (χ2v) is 7.36. The lowest BCUT2D eigenvalue weighted by atomic mass is 10.1. The van der Waals surface area contributed by atoms with Crippen LogP contribution in [0.4, 0.5) is 0 Å². The highest BCUT2D eigenvalue weighted by molar-refractivity contribution is 7.56. The second-order valence-electron chi connectivity index (χ2n) is 6.03. The van der Waals surface area contributed by atoms with Crippen molar-refractivity contribution < 1.29 is 9.53 Å². The second kappa shape index (κ2) is 8.09. The summed E-state index contributed by atoms with van der Waals surface area (Å²) in [6.45, 7) is 2.00. The van der Waals surface area contributed by atoms with E-state index in [4.69, 9.17) is 4.74 Å². The molecule has 2 nitrogen and oxygen atoms in total. The molecular weight excluding hydrogens is 327 g/mol. The maximum atomic E-state index is 11.4. The Bertz CT molecular complexity index is 872. The lowest BCUT2D eigenvalue weighted by Gasteiger charge is -2.13. The van der Waals surface area contributed by atoms with Gasteiger partial charge in [-0.05, 0) is 48.0 Å². The van der Waals surface area contributed by atoms with Crippen LogP contribution in [0.2, 0.25) is 0 Å². The van der Waals surface area contributed by atoms with Crippen LogP contribution in [0.25, 0.3) is 0 Å². The quantitative estimate of drug-likeness (QED) is 0.496. The standard InChI is InChI=1S/C22H21O2P/c1-16-8-11-21(19(12-16)15-23)25-22-14-18(9-10-20(22)24-2)13-17-6-4-3-5-7-17/h3-12,14-15,25H,13H2,1-2H3. The molecule has 25 heavy (non-hydrogen) atoms. The Labute approximate surface area is 150 Å². The number of rotatable bonds is 6. The van der Waals surface area contributed by atoms with Crippen LogP contribution in [0.1, 0.15) is 27.0 Å². The molecular formula is C22H21O2P. The number of aryl methyl sites for hydroxylation is 1. The van der Waals surface area contributed by atoms with Gasteiger partial charge in [-0.1, -0.05) is 62.7 Å².